The summed E-state index contributed by atoms with van der Waals surface area (Å²) >= 11 is 0. The molecule has 1 N–H and O–H groups in total. The first kappa shape index (κ1) is 20.6. The lowest BCUT2D eigenvalue weighted by Gasteiger charge is -2.36. The van der Waals surface area contributed by atoms with Gasteiger partial charge in [0.15, 0.2) is 0 Å². The molecular formula is C22H31N5O3. The molecule has 1 amide bonds. The molecule has 8 nitrogen and oxygen atoms in total. The molecule has 1 atom stereocenters. The zero-order valence-corrected chi connectivity index (χ0v) is 18.1. The minimum atomic E-state index is -0.0717. The summed E-state index contributed by atoms with van der Waals surface area (Å²) < 4.78 is 10.5. The van der Waals surface area contributed by atoms with E-state index >= 15 is 0 Å². The van der Waals surface area contributed by atoms with Crippen LogP contribution in [0.5, 0.6) is 5.88 Å². The zero-order chi connectivity index (χ0) is 21.1. The standard InChI is InChI=1S/C22H31N5O3/c1-4-29-20-11-15(30-26-20)7-8-19(28)24-17-12-22(2,3)13-18-16(17)14-23-21(25-18)27-9-5-6-10-27/h11,14,17H,4-10,12-13H2,1-3H3,(H,24,28). The number of carbonyl (C=O) groups is 1. The van der Waals surface area contributed by atoms with Crippen LogP contribution in [0.15, 0.2) is 16.8 Å². The van der Waals surface area contributed by atoms with Gasteiger partial charge in [0, 0.05) is 43.8 Å². The first-order chi connectivity index (χ1) is 14.4. The van der Waals surface area contributed by atoms with Crippen molar-refractivity contribution in [2.24, 2.45) is 5.41 Å². The van der Waals surface area contributed by atoms with Crippen molar-refractivity contribution in [2.75, 3.05) is 24.6 Å². The second-order valence-corrected chi connectivity index (χ2v) is 9.00. The number of carbonyl (C=O) groups excluding carboxylic acids is 1. The maximum atomic E-state index is 12.7. The Bertz CT molecular complexity index is 889. The summed E-state index contributed by atoms with van der Waals surface area (Å²) in [6, 6.07) is 1.67. The fourth-order valence-corrected chi connectivity index (χ4v) is 4.37. The molecule has 4 rings (SSSR count). The van der Waals surface area contributed by atoms with Gasteiger partial charge in [-0.3, -0.25) is 4.79 Å². The number of hydrogen-bond donors (Lipinski definition) is 1. The number of aryl methyl sites for hydroxylation is 1. The smallest absolute Gasteiger partial charge is 0.254 e. The Balaban J connectivity index is 1.42. The molecule has 1 unspecified atom stereocenters. The predicted octanol–water partition coefficient (Wildman–Crippen LogP) is 3.23. The summed E-state index contributed by atoms with van der Waals surface area (Å²) in [6.45, 7) is 8.94. The number of rotatable bonds is 7. The Hall–Kier alpha value is -2.64. The van der Waals surface area contributed by atoms with Gasteiger partial charge in [0.05, 0.1) is 18.3 Å². The first-order valence-electron chi connectivity index (χ1n) is 10.9. The van der Waals surface area contributed by atoms with Crippen molar-refractivity contribution in [3.8, 4) is 5.88 Å². The lowest BCUT2D eigenvalue weighted by molar-refractivity contribution is -0.122. The average molecular weight is 414 g/mol. The van der Waals surface area contributed by atoms with Crippen molar-refractivity contribution >= 4 is 11.9 Å². The van der Waals surface area contributed by atoms with Crippen LogP contribution >= 0.6 is 0 Å². The van der Waals surface area contributed by atoms with Gasteiger partial charge in [-0.15, -0.1) is 0 Å². The van der Waals surface area contributed by atoms with Crippen LogP contribution in [0.25, 0.3) is 0 Å². The minimum absolute atomic E-state index is 0.0124. The monoisotopic (exact) mass is 413 g/mol. The highest BCUT2D eigenvalue weighted by Gasteiger charge is 2.35. The molecule has 8 heteroatoms. The van der Waals surface area contributed by atoms with Crippen LogP contribution < -0.4 is 15.0 Å². The van der Waals surface area contributed by atoms with Gasteiger partial charge >= 0.3 is 0 Å². The fraction of sp³-hybridized carbons (Fsp3) is 0.636. The molecule has 162 valence electrons. The normalized spacial score (nSPS) is 20.1. The summed E-state index contributed by atoms with van der Waals surface area (Å²) in [7, 11) is 0. The summed E-state index contributed by atoms with van der Waals surface area (Å²) in [4.78, 5) is 24.4. The second-order valence-electron chi connectivity index (χ2n) is 9.00. The Labute approximate surface area is 177 Å². The fourth-order valence-electron chi connectivity index (χ4n) is 4.37. The number of aromatic nitrogens is 3. The number of amides is 1. The van der Waals surface area contributed by atoms with Crippen LogP contribution in [-0.4, -0.2) is 40.7 Å². The van der Waals surface area contributed by atoms with E-state index in [4.69, 9.17) is 14.2 Å². The van der Waals surface area contributed by atoms with E-state index in [9.17, 15) is 4.79 Å². The molecule has 0 radical (unpaired) electrons. The molecule has 1 aliphatic heterocycles. The predicted molar refractivity (Wildman–Crippen MR) is 112 cm³/mol. The molecule has 0 bridgehead atoms. The third-order valence-electron chi connectivity index (χ3n) is 5.82. The van der Waals surface area contributed by atoms with E-state index in [1.165, 1.54) is 12.8 Å². The van der Waals surface area contributed by atoms with E-state index in [2.05, 4.69) is 34.2 Å². The van der Waals surface area contributed by atoms with Crippen molar-refractivity contribution in [2.45, 2.75) is 65.3 Å². The van der Waals surface area contributed by atoms with E-state index in [0.29, 0.717) is 31.1 Å². The molecular weight excluding hydrogens is 382 g/mol. The molecule has 1 fully saturated rings. The maximum absolute atomic E-state index is 12.7. The largest absolute Gasteiger partial charge is 0.476 e. The molecule has 3 heterocycles. The van der Waals surface area contributed by atoms with Crippen LogP contribution in [0.3, 0.4) is 0 Å². The SMILES string of the molecule is CCOc1cc(CCC(=O)NC2CC(C)(C)Cc3nc(N4CCCC4)ncc32)on1. The van der Waals surface area contributed by atoms with Crippen LogP contribution in [0.4, 0.5) is 5.95 Å². The molecule has 2 aromatic heterocycles. The molecule has 0 saturated carbocycles. The molecule has 1 aliphatic carbocycles. The van der Waals surface area contributed by atoms with Crippen molar-refractivity contribution in [3.63, 3.8) is 0 Å². The highest BCUT2D eigenvalue weighted by Crippen LogP contribution is 2.40. The highest BCUT2D eigenvalue weighted by molar-refractivity contribution is 5.76. The van der Waals surface area contributed by atoms with E-state index in [1.807, 2.05) is 13.1 Å². The lowest BCUT2D eigenvalue weighted by atomic mass is 9.74. The second kappa shape index (κ2) is 8.62. The zero-order valence-electron chi connectivity index (χ0n) is 18.1. The van der Waals surface area contributed by atoms with E-state index in [0.717, 1.165) is 43.1 Å². The van der Waals surface area contributed by atoms with Gasteiger partial charge in [-0.05, 0) is 43.2 Å². The van der Waals surface area contributed by atoms with Crippen molar-refractivity contribution < 1.29 is 14.1 Å². The molecule has 0 spiro atoms. The summed E-state index contributed by atoms with van der Waals surface area (Å²) in [5.74, 6) is 1.92. The van der Waals surface area contributed by atoms with Gasteiger partial charge in [-0.25, -0.2) is 9.97 Å². The van der Waals surface area contributed by atoms with Crippen LogP contribution in [0.2, 0.25) is 0 Å². The molecule has 30 heavy (non-hydrogen) atoms. The highest BCUT2D eigenvalue weighted by atomic mass is 16.5. The van der Waals surface area contributed by atoms with Crippen LogP contribution in [0.1, 0.15) is 69.5 Å². The quantitative estimate of drug-likeness (QED) is 0.745. The van der Waals surface area contributed by atoms with Gasteiger partial charge in [-0.1, -0.05) is 13.8 Å². The molecule has 0 aromatic carbocycles. The number of anilines is 1. The Morgan fingerprint density at radius 3 is 2.93 bits per heavy atom. The molecule has 1 saturated heterocycles. The van der Waals surface area contributed by atoms with E-state index in [-0.39, 0.29) is 17.4 Å². The number of nitrogens with zero attached hydrogens (tertiary/aromatic N) is 4. The number of hydrogen-bond acceptors (Lipinski definition) is 7. The number of nitrogens with one attached hydrogen (secondary N) is 1. The van der Waals surface area contributed by atoms with E-state index < -0.39 is 0 Å². The first-order valence-corrected chi connectivity index (χ1v) is 10.9. The average Bonchev–Trinajstić information content (AvgIpc) is 3.37. The van der Waals surface area contributed by atoms with Gasteiger partial charge in [0.1, 0.15) is 5.76 Å². The molecule has 2 aromatic rings. The number of fused-ring (bicyclic) bond motifs is 1. The topological polar surface area (TPSA) is 93.4 Å². The van der Waals surface area contributed by atoms with Crippen molar-refractivity contribution in [1.29, 1.82) is 0 Å². The lowest BCUT2D eigenvalue weighted by Crippen LogP contribution is -2.37. The minimum Gasteiger partial charge on any atom is -0.476 e. The van der Waals surface area contributed by atoms with Crippen LogP contribution in [-0.2, 0) is 17.6 Å². The summed E-state index contributed by atoms with van der Waals surface area (Å²) in [5, 5.41) is 7.04. The molecule has 2 aliphatic rings. The van der Waals surface area contributed by atoms with Gasteiger partial charge in [0.2, 0.25) is 11.9 Å². The van der Waals surface area contributed by atoms with Crippen molar-refractivity contribution in [3.05, 3.63) is 29.3 Å². The number of ether oxygens (including phenoxy) is 1. The van der Waals surface area contributed by atoms with Gasteiger partial charge < -0.3 is 19.5 Å². The Kier molecular flexibility index (Phi) is 5.92. The maximum Gasteiger partial charge on any atom is 0.254 e. The van der Waals surface area contributed by atoms with E-state index in [1.54, 1.807) is 6.07 Å². The third-order valence-corrected chi connectivity index (χ3v) is 5.82. The van der Waals surface area contributed by atoms with Gasteiger partial charge in [-0.2, -0.15) is 0 Å². The third kappa shape index (κ3) is 4.74. The Morgan fingerprint density at radius 2 is 2.17 bits per heavy atom. The van der Waals surface area contributed by atoms with Crippen molar-refractivity contribution in [1.82, 2.24) is 20.4 Å². The summed E-state index contributed by atoms with van der Waals surface area (Å²) in [6.07, 6.45) is 6.90. The van der Waals surface area contributed by atoms with Crippen LogP contribution in [0, 0.1) is 5.41 Å². The Morgan fingerprint density at radius 1 is 1.37 bits per heavy atom. The van der Waals surface area contributed by atoms with Gasteiger partial charge in [0.25, 0.3) is 5.88 Å². The summed E-state index contributed by atoms with van der Waals surface area (Å²) in [5.41, 5.74) is 2.17.